The van der Waals surface area contributed by atoms with Crippen molar-refractivity contribution in [2.75, 3.05) is 0 Å². The highest BCUT2D eigenvalue weighted by Gasteiger charge is 2.07. The number of allylic oxidation sites excluding steroid dienone is 1. The van der Waals surface area contributed by atoms with Gasteiger partial charge in [-0.25, -0.2) is 0 Å². The zero-order valence-corrected chi connectivity index (χ0v) is 12.3. The van der Waals surface area contributed by atoms with Crippen molar-refractivity contribution in [3.05, 3.63) is 38.5 Å². The van der Waals surface area contributed by atoms with Gasteiger partial charge in [-0.3, -0.25) is 0 Å². The van der Waals surface area contributed by atoms with Crippen LogP contribution in [0.2, 0.25) is 0 Å². The lowest BCUT2D eigenvalue weighted by molar-refractivity contribution is 0.467. The molecule has 0 unspecified atom stereocenters. The molecule has 0 fully saturated rings. The van der Waals surface area contributed by atoms with E-state index in [4.69, 9.17) is 4.74 Å². The number of rotatable bonds is 3. The van der Waals surface area contributed by atoms with E-state index in [1.807, 2.05) is 19.9 Å². The van der Waals surface area contributed by atoms with Gasteiger partial charge in [0.25, 0.3) is 0 Å². The molecule has 0 spiro atoms. The zero-order chi connectivity index (χ0) is 11.4. The lowest BCUT2D eigenvalue weighted by atomic mass is 10.1. The number of hydrogen-bond donors (Lipinski definition) is 0. The molecule has 0 aliphatic heterocycles. The molecule has 15 heavy (non-hydrogen) atoms. The first-order valence-electron chi connectivity index (χ1n) is 4.82. The topological polar surface area (TPSA) is 9.23 Å². The van der Waals surface area contributed by atoms with Gasteiger partial charge in [0.1, 0.15) is 5.75 Å². The second kappa shape index (κ2) is 5.71. The van der Waals surface area contributed by atoms with E-state index in [0.29, 0.717) is 0 Å². The molecule has 1 aromatic carbocycles. The van der Waals surface area contributed by atoms with Crippen molar-refractivity contribution < 1.29 is 4.74 Å². The van der Waals surface area contributed by atoms with Crippen LogP contribution in [-0.4, -0.2) is 0 Å². The summed E-state index contributed by atoms with van der Waals surface area (Å²) in [7, 11) is 0. The first-order chi connectivity index (χ1) is 7.04. The van der Waals surface area contributed by atoms with Crippen molar-refractivity contribution >= 4 is 31.9 Å². The molecule has 0 aromatic heterocycles. The summed E-state index contributed by atoms with van der Waals surface area (Å²) in [4.78, 5) is 0. The molecule has 82 valence electrons. The number of benzene rings is 1. The Bertz CT molecular complexity index is 379. The Hall–Kier alpha value is -0.280. The minimum Gasteiger partial charge on any atom is -0.464 e. The van der Waals surface area contributed by atoms with Gasteiger partial charge in [-0.2, -0.15) is 0 Å². The molecule has 0 aliphatic rings. The Balaban J connectivity index is 3.09. The Kier molecular flexibility index (Phi) is 4.87. The monoisotopic (exact) mass is 332 g/mol. The number of ether oxygens (including phenoxy) is 1. The predicted molar refractivity (Wildman–Crippen MR) is 71.3 cm³/mol. The molecule has 0 bridgehead atoms. The molecule has 1 aromatic rings. The Morgan fingerprint density at radius 2 is 2.00 bits per heavy atom. The SMILES string of the molecule is CCc1cc(Br)cc(Br)c1OC=C(C)C. The largest absolute Gasteiger partial charge is 0.464 e. The summed E-state index contributed by atoms with van der Waals surface area (Å²) in [6, 6.07) is 4.08. The molecule has 0 heterocycles. The van der Waals surface area contributed by atoms with Gasteiger partial charge >= 0.3 is 0 Å². The molecule has 0 atom stereocenters. The lowest BCUT2D eigenvalue weighted by Crippen LogP contribution is -1.92. The molecule has 0 radical (unpaired) electrons. The van der Waals surface area contributed by atoms with Crippen molar-refractivity contribution in [2.24, 2.45) is 0 Å². The highest BCUT2D eigenvalue weighted by atomic mass is 79.9. The quantitative estimate of drug-likeness (QED) is 0.701. The average Bonchev–Trinajstić information content (AvgIpc) is 2.14. The molecule has 0 saturated carbocycles. The fraction of sp³-hybridized carbons (Fsp3) is 0.333. The van der Waals surface area contributed by atoms with Crippen LogP contribution in [0.25, 0.3) is 0 Å². The normalized spacial score (nSPS) is 9.93. The second-order valence-electron chi connectivity index (χ2n) is 3.54. The molecular weight excluding hydrogens is 320 g/mol. The zero-order valence-electron chi connectivity index (χ0n) is 9.10. The van der Waals surface area contributed by atoms with Crippen molar-refractivity contribution in [1.29, 1.82) is 0 Å². The molecular formula is C12H14Br2O. The standard InChI is InChI=1S/C12H14Br2O/c1-4-9-5-10(13)6-11(14)12(9)15-7-8(2)3/h5-7H,4H2,1-3H3. The second-order valence-corrected chi connectivity index (χ2v) is 5.31. The predicted octanol–water partition coefficient (Wildman–Crippen LogP) is 5.08. The third-order valence-corrected chi connectivity index (χ3v) is 2.93. The maximum absolute atomic E-state index is 5.65. The Morgan fingerprint density at radius 3 is 2.53 bits per heavy atom. The van der Waals surface area contributed by atoms with E-state index < -0.39 is 0 Å². The highest BCUT2D eigenvalue weighted by molar-refractivity contribution is 9.11. The van der Waals surface area contributed by atoms with Gasteiger partial charge in [0.05, 0.1) is 10.7 Å². The van der Waals surface area contributed by atoms with E-state index in [0.717, 1.165) is 26.7 Å². The number of aryl methyl sites for hydroxylation is 1. The van der Waals surface area contributed by atoms with Gasteiger partial charge in [-0.1, -0.05) is 22.9 Å². The molecule has 3 heteroatoms. The third-order valence-electron chi connectivity index (χ3n) is 1.88. The van der Waals surface area contributed by atoms with E-state index in [-0.39, 0.29) is 0 Å². The van der Waals surface area contributed by atoms with Gasteiger partial charge in [0, 0.05) is 4.47 Å². The van der Waals surface area contributed by atoms with E-state index in [1.165, 1.54) is 5.56 Å². The van der Waals surface area contributed by atoms with Gasteiger partial charge < -0.3 is 4.74 Å². The highest BCUT2D eigenvalue weighted by Crippen LogP contribution is 2.33. The fourth-order valence-electron chi connectivity index (χ4n) is 1.19. The van der Waals surface area contributed by atoms with Gasteiger partial charge in [-0.15, -0.1) is 0 Å². The molecule has 0 saturated heterocycles. The van der Waals surface area contributed by atoms with Crippen LogP contribution < -0.4 is 4.74 Å². The van der Waals surface area contributed by atoms with Crippen molar-refractivity contribution in [3.63, 3.8) is 0 Å². The van der Waals surface area contributed by atoms with E-state index in [2.05, 4.69) is 44.8 Å². The summed E-state index contributed by atoms with van der Waals surface area (Å²) in [6.45, 7) is 6.14. The molecule has 0 N–H and O–H groups in total. The summed E-state index contributed by atoms with van der Waals surface area (Å²) < 4.78 is 7.69. The van der Waals surface area contributed by atoms with Crippen molar-refractivity contribution in [2.45, 2.75) is 27.2 Å². The van der Waals surface area contributed by atoms with Gasteiger partial charge in [0.2, 0.25) is 0 Å². The van der Waals surface area contributed by atoms with Crippen LogP contribution in [0.15, 0.2) is 32.9 Å². The third kappa shape index (κ3) is 3.65. The lowest BCUT2D eigenvalue weighted by Gasteiger charge is -2.10. The number of hydrogen-bond acceptors (Lipinski definition) is 1. The summed E-state index contributed by atoms with van der Waals surface area (Å²) in [6.07, 6.45) is 2.72. The fourth-order valence-corrected chi connectivity index (χ4v) is 2.59. The van der Waals surface area contributed by atoms with Crippen LogP contribution >= 0.6 is 31.9 Å². The van der Waals surface area contributed by atoms with Crippen molar-refractivity contribution in [3.8, 4) is 5.75 Å². The van der Waals surface area contributed by atoms with Crippen LogP contribution in [0.5, 0.6) is 5.75 Å². The molecule has 0 amide bonds. The summed E-state index contributed by atoms with van der Waals surface area (Å²) in [5.41, 5.74) is 2.33. The average molecular weight is 334 g/mol. The summed E-state index contributed by atoms with van der Waals surface area (Å²) in [5.74, 6) is 0.905. The Labute approximate surface area is 108 Å². The summed E-state index contributed by atoms with van der Waals surface area (Å²) >= 11 is 6.97. The summed E-state index contributed by atoms with van der Waals surface area (Å²) in [5, 5.41) is 0. The van der Waals surface area contributed by atoms with Crippen LogP contribution in [-0.2, 0) is 6.42 Å². The molecule has 1 nitrogen and oxygen atoms in total. The minimum atomic E-state index is 0.905. The van der Waals surface area contributed by atoms with E-state index >= 15 is 0 Å². The molecule has 0 aliphatic carbocycles. The maximum Gasteiger partial charge on any atom is 0.143 e. The maximum atomic E-state index is 5.65. The number of halogens is 2. The van der Waals surface area contributed by atoms with Crippen LogP contribution in [0.4, 0.5) is 0 Å². The minimum absolute atomic E-state index is 0.905. The Morgan fingerprint density at radius 1 is 1.33 bits per heavy atom. The van der Waals surface area contributed by atoms with Crippen LogP contribution in [0, 0.1) is 0 Å². The first-order valence-corrected chi connectivity index (χ1v) is 6.41. The van der Waals surface area contributed by atoms with Crippen LogP contribution in [0.1, 0.15) is 26.3 Å². The van der Waals surface area contributed by atoms with E-state index in [9.17, 15) is 0 Å². The van der Waals surface area contributed by atoms with Crippen molar-refractivity contribution in [1.82, 2.24) is 0 Å². The smallest absolute Gasteiger partial charge is 0.143 e. The molecule has 1 rings (SSSR count). The van der Waals surface area contributed by atoms with Gasteiger partial charge in [0.15, 0.2) is 0 Å². The first kappa shape index (κ1) is 12.8. The van der Waals surface area contributed by atoms with E-state index in [1.54, 1.807) is 6.26 Å². The van der Waals surface area contributed by atoms with Gasteiger partial charge in [-0.05, 0) is 59.5 Å². The van der Waals surface area contributed by atoms with Crippen LogP contribution in [0.3, 0.4) is 0 Å².